The summed E-state index contributed by atoms with van der Waals surface area (Å²) >= 11 is 0. The van der Waals surface area contributed by atoms with Crippen LogP contribution in [0.25, 0.3) is 0 Å². The summed E-state index contributed by atoms with van der Waals surface area (Å²) in [6, 6.07) is 4.61. The normalized spacial score (nSPS) is 28.4. The van der Waals surface area contributed by atoms with E-state index in [0.717, 1.165) is 51.1 Å². The molecule has 2 saturated heterocycles. The van der Waals surface area contributed by atoms with Crippen LogP contribution in [0, 0.1) is 5.92 Å². The van der Waals surface area contributed by atoms with Crippen LogP contribution in [0.2, 0.25) is 0 Å². The summed E-state index contributed by atoms with van der Waals surface area (Å²) in [5.74, 6) is 1.39. The predicted octanol–water partition coefficient (Wildman–Crippen LogP) is 1.29. The van der Waals surface area contributed by atoms with E-state index in [1.54, 1.807) is 6.20 Å². The van der Waals surface area contributed by atoms with E-state index in [9.17, 15) is 4.79 Å². The zero-order valence-corrected chi connectivity index (χ0v) is 14.1. The Morgan fingerprint density at radius 2 is 2.30 bits per heavy atom. The molecule has 0 bridgehead atoms. The van der Waals surface area contributed by atoms with Crippen molar-refractivity contribution in [2.75, 3.05) is 31.6 Å². The van der Waals surface area contributed by atoms with Crippen molar-refractivity contribution >= 4 is 11.7 Å². The molecule has 1 unspecified atom stereocenters. The van der Waals surface area contributed by atoms with Gasteiger partial charge in [0.25, 0.3) is 0 Å². The van der Waals surface area contributed by atoms with Crippen LogP contribution in [0.5, 0.6) is 0 Å². The zero-order chi connectivity index (χ0) is 16.2. The number of amides is 1. The SMILES string of the molecule is C[C@H]1C[C@@H](C(=O)N(C)C2CCCN(c3cccnn3)C2)CCN1. The molecule has 0 aromatic carbocycles. The third-order valence-corrected chi connectivity index (χ3v) is 5.15. The Balaban J connectivity index is 1.62. The second kappa shape index (κ2) is 7.25. The van der Waals surface area contributed by atoms with E-state index in [-0.39, 0.29) is 12.0 Å². The van der Waals surface area contributed by atoms with Crippen LogP contribution in [-0.2, 0) is 4.79 Å². The summed E-state index contributed by atoms with van der Waals surface area (Å²) in [6.07, 6.45) is 5.75. The van der Waals surface area contributed by atoms with Gasteiger partial charge in [0.05, 0.1) is 0 Å². The Hall–Kier alpha value is -1.69. The molecule has 2 aliphatic heterocycles. The number of rotatable bonds is 3. The molecule has 126 valence electrons. The first-order valence-corrected chi connectivity index (χ1v) is 8.68. The first kappa shape index (κ1) is 16.2. The van der Waals surface area contributed by atoms with E-state index in [1.165, 1.54) is 0 Å². The summed E-state index contributed by atoms with van der Waals surface area (Å²) in [6.45, 7) is 4.95. The molecule has 2 fully saturated rings. The lowest BCUT2D eigenvalue weighted by atomic mass is 9.91. The number of carbonyl (C=O) groups excluding carboxylic acids is 1. The van der Waals surface area contributed by atoms with Crippen molar-refractivity contribution in [1.29, 1.82) is 0 Å². The number of piperidine rings is 2. The zero-order valence-electron chi connectivity index (χ0n) is 14.1. The molecule has 0 spiro atoms. The van der Waals surface area contributed by atoms with Crippen molar-refractivity contribution in [2.45, 2.75) is 44.7 Å². The van der Waals surface area contributed by atoms with Gasteiger partial charge in [-0.2, -0.15) is 5.10 Å². The van der Waals surface area contributed by atoms with Gasteiger partial charge in [0.1, 0.15) is 0 Å². The van der Waals surface area contributed by atoms with Gasteiger partial charge in [0, 0.05) is 44.3 Å². The average molecular weight is 317 g/mol. The molecule has 2 aliphatic rings. The summed E-state index contributed by atoms with van der Waals surface area (Å²) in [4.78, 5) is 17.1. The molecule has 1 amide bonds. The number of hydrogen-bond donors (Lipinski definition) is 1. The second-order valence-electron chi connectivity index (χ2n) is 6.85. The van der Waals surface area contributed by atoms with E-state index in [2.05, 4.69) is 27.3 Å². The highest BCUT2D eigenvalue weighted by Crippen LogP contribution is 2.24. The summed E-state index contributed by atoms with van der Waals surface area (Å²) < 4.78 is 0. The van der Waals surface area contributed by atoms with Gasteiger partial charge in [-0.15, -0.1) is 5.10 Å². The van der Waals surface area contributed by atoms with E-state index < -0.39 is 0 Å². The minimum Gasteiger partial charge on any atom is -0.353 e. The molecule has 3 heterocycles. The van der Waals surface area contributed by atoms with Crippen molar-refractivity contribution in [3.8, 4) is 0 Å². The average Bonchev–Trinajstić information content (AvgIpc) is 2.61. The molecule has 23 heavy (non-hydrogen) atoms. The Bertz CT molecular complexity index is 523. The van der Waals surface area contributed by atoms with Crippen molar-refractivity contribution < 1.29 is 4.79 Å². The molecule has 3 atom stereocenters. The first-order valence-electron chi connectivity index (χ1n) is 8.68. The van der Waals surface area contributed by atoms with Crippen LogP contribution in [0.4, 0.5) is 5.82 Å². The highest BCUT2D eigenvalue weighted by molar-refractivity contribution is 5.79. The van der Waals surface area contributed by atoms with Crippen LogP contribution in [0.1, 0.15) is 32.6 Å². The minimum absolute atomic E-state index is 0.170. The van der Waals surface area contributed by atoms with Crippen LogP contribution in [0.3, 0.4) is 0 Å². The first-order chi connectivity index (χ1) is 11.1. The Morgan fingerprint density at radius 3 is 3.04 bits per heavy atom. The topological polar surface area (TPSA) is 61.4 Å². The lowest BCUT2D eigenvalue weighted by Gasteiger charge is -2.40. The van der Waals surface area contributed by atoms with Gasteiger partial charge in [0.2, 0.25) is 5.91 Å². The van der Waals surface area contributed by atoms with Gasteiger partial charge in [-0.25, -0.2) is 0 Å². The molecule has 0 saturated carbocycles. The summed E-state index contributed by atoms with van der Waals surface area (Å²) in [7, 11) is 1.97. The third kappa shape index (κ3) is 3.80. The number of nitrogens with one attached hydrogen (secondary N) is 1. The monoisotopic (exact) mass is 317 g/mol. The standard InChI is InChI=1S/C17H27N5O/c1-13-11-14(7-9-18-13)17(23)21(2)15-5-4-10-22(12-15)16-6-3-8-19-20-16/h3,6,8,13-15,18H,4-5,7,9-12H2,1-2H3/t13-,14-,15?/m0/s1. The molecule has 3 rings (SSSR count). The molecule has 0 aliphatic carbocycles. The van der Waals surface area contributed by atoms with Crippen LogP contribution >= 0.6 is 0 Å². The molecule has 1 aromatic rings. The quantitative estimate of drug-likeness (QED) is 0.910. The van der Waals surface area contributed by atoms with E-state index in [4.69, 9.17) is 0 Å². The fourth-order valence-electron chi connectivity index (χ4n) is 3.77. The predicted molar refractivity (Wildman–Crippen MR) is 90.2 cm³/mol. The smallest absolute Gasteiger partial charge is 0.225 e. The summed E-state index contributed by atoms with van der Waals surface area (Å²) in [5, 5.41) is 11.6. The fraction of sp³-hybridized carbons (Fsp3) is 0.706. The molecule has 6 nitrogen and oxygen atoms in total. The number of carbonyl (C=O) groups is 1. The maximum atomic E-state index is 12.8. The maximum Gasteiger partial charge on any atom is 0.225 e. The summed E-state index contributed by atoms with van der Waals surface area (Å²) in [5.41, 5.74) is 0. The van der Waals surface area contributed by atoms with E-state index in [1.807, 2.05) is 24.1 Å². The molecular weight excluding hydrogens is 290 g/mol. The lowest BCUT2D eigenvalue weighted by molar-refractivity contribution is -0.137. The number of anilines is 1. The molecule has 1 N–H and O–H groups in total. The second-order valence-corrected chi connectivity index (χ2v) is 6.85. The molecular formula is C17H27N5O. The van der Waals surface area contributed by atoms with Gasteiger partial charge in [-0.05, 0) is 51.3 Å². The van der Waals surface area contributed by atoms with Crippen LogP contribution in [-0.4, -0.2) is 59.8 Å². The van der Waals surface area contributed by atoms with Gasteiger partial charge in [-0.1, -0.05) is 0 Å². The number of aromatic nitrogens is 2. The van der Waals surface area contributed by atoms with Gasteiger partial charge in [0.15, 0.2) is 5.82 Å². The molecule has 1 aromatic heterocycles. The Morgan fingerprint density at radius 1 is 1.43 bits per heavy atom. The Kier molecular flexibility index (Phi) is 5.10. The van der Waals surface area contributed by atoms with Crippen LogP contribution < -0.4 is 10.2 Å². The Labute approximate surface area is 138 Å². The van der Waals surface area contributed by atoms with Crippen molar-refractivity contribution in [3.05, 3.63) is 18.3 Å². The molecule has 6 heteroatoms. The number of hydrogen-bond acceptors (Lipinski definition) is 5. The fourth-order valence-corrected chi connectivity index (χ4v) is 3.77. The highest BCUT2D eigenvalue weighted by atomic mass is 16.2. The van der Waals surface area contributed by atoms with Gasteiger partial charge >= 0.3 is 0 Å². The van der Waals surface area contributed by atoms with E-state index in [0.29, 0.717) is 11.9 Å². The number of nitrogens with zero attached hydrogens (tertiary/aromatic N) is 4. The number of likely N-dealkylation sites (N-methyl/N-ethyl adjacent to an activating group) is 1. The van der Waals surface area contributed by atoms with Crippen molar-refractivity contribution in [2.24, 2.45) is 5.92 Å². The van der Waals surface area contributed by atoms with Crippen molar-refractivity contribution in [3.63, 3.8) is 0 Å². The van der Waals surface area contributed by atoms with Gasteiger partial charge < -0.3 is 15.1 Å². The van der Waals surface area contributed by atoms with E-state index >= 15 is 0 Å². The van der Waals surface area contributed by atoms with Crippen LogP contribution in [0.15, 0.2) is 18.3 Å². The van der Waals surface area contributed by atoms with Crippen molar-refractivity contribution in [1.82, 2.24) is 20.4 Å². The molecule has 0 radical (unpaired) electrons. The minimum atomic E-state index is 0.170. The van der Waals surface area contributed by atoms with Gasteiger partial charge in [-0.3, -0.25) is 4.79 Å². The highest BCUT2D eigenvalue weighted by Gasteiger charge is 2.32. The maximum absolute atomic E-state index is 12.8. The largest absolute Gasteiger partial charge is 0.353 e. The third-order valence-electron chi connectivity index (χ3n) is 5.15. The lowest BCUT2D eigenvalue weighted by Crippen LogP contribution is -2.52.